The minimum atomic E-state index is 0.488. The molecule has 0 spiro atoms. The van der Waals surface area contributed by atoms with Crippen molar-refractivity contribution in [3.8, 4) is 0 Å². The first kappa shape index (κ1) is 9.85. The molecule has 2 rings (SSSR count). The maximum absolute atomic E-state index is 4.96. The highest BCUT2D eigenvalue weighted by molar-refractivity contribution is 5.13. The van der Waals surface area contributed by atoms with Crippen LogP contribution in [0.2, 0.25) is 0 Å². The average Bonchev–Trinajstić information content (AvgIpc) is 2.79. The Balaban J connectivity index is 2.08. The molecule has 0 radical (unpaired) electrons. The van der Waals surface area contributed by atoms with Crippen LogP contribution in [0.5, 0.6) is 0 Å². The second kappa shape index (κ2) is 4.22. The summed E-state index contributed by atoms with van der Waals surface area (Å²) >= 11 is 0. The SMILES string of the molecule is COCc1cn(Cc2[nH]ncc2C)nn1. The quantitative estimate of drug-likeness (QED) is 0.792. The Morgan fingerprint density at radius 2 is 2.40 bits per heavy atom. The topological polar surface area (TPSA) is 68.6 Å². The van der Waals surface area contributed by atoms with Crippen molar-refractivity contribution in [3.63, 3.8) is 0 Å². The molecule has 0 aromatic carbocycles. The van der Waals surface area contributed by atoms with Crippen molar-refractivity contribution < 1.29 is 4.74 Å². The van der Waals surface area contributed by atoms with Gasteiger partial charge < -0.3 is 4.74 Å². The van der Waals surface area contributed by atoms with Crippen molar-refractivity contribution in [3.05, 3.63) is 29.3 Å². The third kappa shape index (κ3) is 2.21. The highest BCUT2D eigenvalue weighted by Gasteiger charge is 2.04. The Morgan fingerprint density at radius 3 is 3.07 bits per heavy atom. The molecule has 0 atom stereocenters. The Bertz CT molecular complexity index is 433. The lowest BCUT2D eigenvalue weighted by Crippen LogP contribution is -2.02. The zero-order valence-electron chi connectivity index (χ0n) is 8.77. The number of aryl methyl sites for hydroxylation is 1. The summed E-state index contributed by atoms with van der Waals surface area (Å²) in [6, 6.07) is 0. The van der Waals surface area contributed by atoms with Crippen LogP contribution in [-0.2, 0) is 17.9 Å². The summed E-state index contributed by atoms with van der Waals surface area (Å²) in [5.41, 5.74) is 3.00. The van der Waals surface area contributed by atoms with Crippen molar-refractivity contribution in [2.45, 2.75) is 20.1 Å². The molecule has 2 aromatic rings. The first-order valence-electron chi connectivity index (χ1n) is 4.66. The maximum Gasteiger partial charge on any atom is 0.108 e. The van der Waals surface area contributed by atoms with Gasteiger partial charge in [0.2, 0.25) is 0 Å². The lowest BCUT2D eigenvalue weighted by molar-refractivity contribution is 0.181. The van der Waals surface area contributed by atoms with E-state index in [1.165, 1.54) is 0 Å². The van der Waals surface area contributed by atoms with Gasteiger partial charge in [0.05, 0.1) is 31.2 Å². The van der Waals surface area contributed by atoms with Crippen LogP contribution in [0, 0.1) is 6.92 Å². The van der Waals surface area contributed by atoms with E-state index in [2.05, 4.69) is 20.5 Å². The largest absolute Gasteiger partial charge is 0.378 e. The molecule has 0 saturated heterocycles. The van der Waals surface area contributed by atoms with E-state index in [0.717, 1.165) is 17.0 Å². The molecule has 0 unspecified atom stereocenters. The molecule has 0 amide bonds. The van der Waals surface area contributed by atoms with Gasteiger partial charge in [-0.2, -0.15) is 5.10 Å². The highest BCUT2D eigenvalue weighted by Crippen LogP contribution is 2.04. The van der Waals surface area contributed by atoms with Gasteiger partial charge in [0.25, 0.3) is 0 Å². The van der Waals surface area contributed by atoms with Crippen LogP contribution in [0.15, 0.2) is 12.4 Å². The molecule has 2 heterocycles. The normalized spacial score (nSPS) is 10.8. The number of aromatic nitrogens is 5. The Morgan fingerprint density at radius 1 is 1.53 bits per heavy atom. The molecule has 1 N–H and O–H groups in total. The Hall–Kier alpha value is -1.69. The third-order valence-electron chi connectivity index (χ3n) is 2.13. The molecule has 0 aliphatic carbocycles. The number of hydrogen-bond donors (Lipinski definition) is 1. The maximum atomic E-state index is 4.96. The fourth-order valence-corrected chi connectivity index (χ4v) is 1.32. The molecule has 80 valence electrons. The smallest absolute Gasteiger partial charge is 0.108 e. The summed E-state index contributed by atoms with van der Waals surface area (Å²) < 4.78 is 6.72. The molecule has 0 aliphatic heterocycles. The molecule has 6 heteroatoms. The van der Waals surface area contributed by atoms with Crippen LogP contribution in [0.25, 0.3) is 0 Å². The first-order chi connectivity index (χ1) is 7.29. The van der Waals surface area contributed by atoms with Crippen molar-refractivity contribution in [1.82, 2.24) is 25.2 Å². The van der Waals surface area contributed by atoms with Crippen LogP contribution in [0.4, 0.5) is 0 Å². The number of methoxy groups -OCH3 is 1. The monoisotopic (exact) mass is 207 g/mol. The minimum Gasteiger partial charge on any atom is -0.378 e. The van der Waals surface area contributed by atoms with Crippen molar-refractivity contribution in [2.75, 3.05) is 7.11 Å². The van der Waals surface area contributed by atoms with Crippen LogP contribution in [-0.4, -0.2) is 32.3 Å². The van der Waals surface area contributed by atoms with Crippen LogP contribution < -0.4 is 0 Å². The Labute approximate surface area is 87.3 Å². The van der Waals surface area contributed by atoms with Crippen LogP contribution in [0.3, 0.4) is 0 Å². The summed E-state index contributed by atoms with van der Waals surface area (Å²) in [7, 11) is 1.64. The predicted molar refractivity (Wildman–Crippen MR) is 53.2 cm³/mol. The lowest BCUT2D eigenvalue weighted by atomic mass is 10.3. The molecule has 0 bridgehead atoms. The van der Waals surface area contributed by atoms with Crippen LogP contribution >= 0.6 is 0 Å². The van der Waals surface area contributed by atoms with Crippen molar-refractivity contribution >= 4 is 0 Å². The fraction of sp³-hybridized carbons (Fsp3) is 0.444. The molecule has 0 saturated carbocycles. The summed E-state index contributed by atoms with van der Waals surface area (Å²) in [4.78, 5) is 0. The van der Waals surface area contributed by atoms with E-state index >= 15 is 0 Å². The van der Waals surface area contributed by atoms with E-state index < -0.39 is 0 Å². The molecular formula is C9H13N5O. The summed E-state index contributed by atoms with van der Waals surface area (Å²) in [6.07, 6.45) is 3.66. The minimum absolute atomic E-state index is 0.488. The van der Waals surface area contributed by atoms with Gasteiger partial charge in [-0.1, -0.05) is 5.21 Å². The second-order valence-electron chi connectivity index (χ2n) is 3.37. The predicted octanol–water partition coefficient (Wildman–Crippen LogP) is 0.504. The number of nitrogens with one attached hydrogen (secondary N) is 1. The van der Waals surface area contributed by atoms with Gasteiger partial charge in [0, 0.05) is 7.11 Å². The molecule has 15 heavy (non-hydrogen) atoms. The summed E-state index contributed by atoms with van der Waals surface area (Å²) in [6.45, 7) is 3.15. The van der Waals surface area contributed by atoms with E-state index in [1.54, 1.807) is 18.0 Å². The van der Waals surface area contributed by atoms with E-state index in [4.69, 9.17) is 4.74 Å². The second-order valence-corrected chi connectivity index (χ2v) is 3.37. The summed E-state index contributed by atoms with van der Waals surface area (Å²) in [5, 5.41) is 14.8. The van der Waals surface area contributed by atoms with Crippen molar-refractivity contribution in [1.29, 1.82) is 0 Å². The summed E-state index contributed by atoms with van der Waals surface area (Å²) in [5.74, 6) is 0. The standard InChI is InChI=1S/C9H13N5O/c1-7-3-10-12-9(7)5-14-4-8(6-15-2)11-13-14/h3-4H,5-6H2,1-2H3,(H,10,12). The third-order valence-corrected chi connectivity index (χ3v) is 2.13. The molecule has 0 aliphatic rings. The zero-order valence-corrected chi connectivity index (χ0v) is 8.77. The van der Waals surface area contributed by atoms with Crippen LogP contribution in [0.1, 0.15) is 17.0 Å². The number of hydrogen-bond acceptors (Lipinski definition) is 4. The molecular weight excluding hydrogens is 194 g/mol. The number of aromatic amines is 1. The molecule has 6 nitrogen and oxygen atoms in total. The van der Waals surface area contributed by atoms with Gasteiger partial charge in [-0.3, -0.25) is 5.10 Å². The van der Waals surface area contributed by atoms with Gasteiger partial charge >= 0.3 is 0 Å². The van der Waals surface area contributed by atoms with Crippen molar-refractivity contribution in [2.24, 2.45) is 0 Å². The van der Waals surface area contributed by atoms with E-state index in [0.29, 0.717) is 13.2 Å². The molecule has 2 aromatic heterocycles. The van der Waals surface area contributed by atoms with E-state index in [1.807, 2.05) is 13.1 Å². The number of H-pyrrole nitrogens is 1. The zero-order chi connectivity index (χ0) is 10.7. The lowest BCUT2D eigenvalue weighted by Gasteiger charge is -1.97. The average molecular weight is 207 g/mol. The Kier molecular flexibility index (Phi) is 2.77. The fourth-order valence-electron chi connectivity index (χ4n) is 1.32. The number of rotatable bonds is 4. The first-order valence-corrected chi connectivity index (χ1v) is 4.66. The number of ether oxygens (including phenoxy) is 1. The molecule has 0 fully saturated rings. The van der Waals surface area contributed by atoms with E-state index in [9.17, 15) is 0 Å². The van der Waals surface area contributed by atoms with Gasteiger partial charge in [-0.25, -0.2) is 4.68 Å². The van der Waals surface area contributed by atoms with Gasteiger partial charge in [-0.05, 0) is 12.5 Å². The van der Waals surface area contributed by atoms with Gasteiger partial charge in [0.15, 0.2) is 0 Å². The number of nitrogens with zero attached hydrogens (tertiary/aromatic N) is 4. The highest BCUT2D eigenvalue weighted by atomic mass is 16.5. The van der Waals surface area contributed by atoms with Gasteiger partial charge in [-0.15, -0.1) is 5.10 Å². The van der Waals surface area contributed by atoms with E-state index in [-0.39, 0.29) is 0 Å². The van der Waals surface area contributed by atoms with Gasteiger partial charge in [0.1, 0.15) is 5.69 Å².